The van der Waals surface area contributed by atoms with Crippen molar-refractivity contribution in [2.45, 2.75) is 13.3 Å². The molecule has 0 spiro atoms. The highest BCUT2D eigenvalue weighted by Crippen LogP contribution is 2.09. The number of hydrogen-bond donors (Lipinski definition) is 2. The number of carbonyl (C=O) groups is 2. The smallest absolute Gasteiger partial charge is 0.317 e. The van der Waals surface area contributed by atoms with E-state index in [9.17, 15) is 9.59 Å². The Kier molecular flexibility index (Phi) is 5.45. The van der Waals surface area contributed by atoms with Crippen LogP contribution in [0.2, 0.25) is 0 Å². The molecule has 1 atom stereocenters. The van der Waals surface area contributed by atoms with Crippen LogP contribution in [0.5, 0.6) is 0 Å². The number of amides is 2. The van der Waals surface area contributed by atoms with E-state index in [1.165, 1.54) is 0 Å². The zero-order valence-corrected chi connectivity index (χ0v) is 10.3. The number of carboxylic acids is 1. The molecule has 5 nitrogen and oxygen atoms in total. The summed E-state index contributed by atoms with van der Waals surface area (Å²) in [6.07, 6.45) is 0.533. The van der Waals surface area contributed by atoms with Gasteiger partial charge in [-0.15, -0.1) is 0 Å². The molecule has 92 valence electrons. The van der Waals surface area contributed by atoms with Gasteiger partial charge in [-0.3, -0.25) is 4.79 Å². The Bertz CT molecular complexity index is 254. The monoisotopic (exact) mass is 246 g/mol. The molecule has 2 N–H and O–H groups in total. The summed E-state index contributed by atoms with van der Waals surface area (Å²) in [6, 6.07) is -0.139. The van der Waals surface area contributed by atoms with Crippen molar-refractivity contribution in [1.29, 1.82) is 0 Å². The summed E-state index contributed by atoms with van der Waals surface area (Å²) >= 11 is 1.83. The summed E-state index contributed by atoms with van der Waals surface area (Å²) < 4.78 is 0. The van der Waals surface area contributed by atoms with Crippen LogP contribution < -0.4 is 5.32 Å². The molecule has 0 aromatic heterocycles. The predicted octanol–water partition coefficient (Wildman–Crippen LogP) is 0.856. The maximum Gasteiger partial charge on any atom is 0.317 e. The van der Waals surface area contributed by atoms with Gasteiger partial charge < -0.3 is 15.3 Å². The highest BCUT2D eigenvalue weighted by atomic mass is 32.2. The molecule has 0 aromatic carbocycles. The minimum absolute atomic E-state index is 0.139. The fraction of sp³-hybridized carbons (Fsp3) is 0.800. The van der Waals surface area contributed by atoms with Crippen LogP contribution >= 0.6 is 11.8 Å². The van der Waals surface area contributed by atoms with Gasteiger partial charge in [0.1, 0.15) is 0 Å². The first kappa shape index (κ1) is 13.2. The highest BCUT2D eigenvalue weighted by molar-refractivity contribution is 7.99. The lowest BCUT2D eigenvalue weighted by Crippen LogP contribution is -2.46. The fourth-order valence-electron chi connectivity index (χ4n) is 1.50. The number of nitrogens with zero attached hydrogens (tertiary/aromatic N) is 1. The third kappa shape index (κ3) is 3.92. The molecule has 1 unspecified atom stereocenters. The largest absolute Gasteiger partial charge is 0.481 e. The van der Waals surface area contributed by atoms with Crippen molar-refractivity contribution < 1.29 is 14.7 Å². The van der Waals surface area contributed by atoms with Crippen LogP contribution in [0.15, 0.2) is 0 Å². The number of hydrogen-bond acceptors (Lipinski definition) is 3. The van der Waals surface area contributed by atoms with Crippen LogP contribution in [0.25, 0.3) is 0 Å². The number of carboxylic acid groups (broad SMARTS) is 1. The van der Waals surface area contributed by atoms with Crippen molar-refractivity contribution in [3.8, 4) is 0 Å². The maximum atomic E-state index is 11.7. The van der Waals surface area contributed by atoms with Crippen molar-refractivity contribution in [2.75, 3.05) is 31.1 Å². The summed E-state index contributed by atoms with van der Waals surface area (Å²) in [4.78, 5) is 24.1. The van der Waals surface area contributed by atoms with Crippen molar-refractivity contribution in [1.82, 2.24) is 10.2 Å². The fourth-order valence-corrected chi connectivity index (χ4v) is 2.40. The van der Waals surface area contributed by atoms with Crippen LogP contribution in [0, 0.1) is 5.92 Å². The molecule has 1 saturated heterocycles. The molecule has 2 amide bonds. The molecule has 0 aromatic rings. The van der Waals surface area contributed by atoms with Crippen LogP contribution in [-0.4, -0.2) is 53.1 Å². The van der Waals surface area contributed by atoms with E-state index in [0.717, 1.165) is 24.6 Å². The lowest BCUT2D eigenvalue weighted by molar-refractivity contribution is -0.141. The van der Waals surface area contributed by atoms with E-state index in [4.69, 9.17) is 5.11 Å². The van der Waals surface area contributed by atoms with Crippen LogP contribution in [0.3, 0.4) is 0 Å². The van der Waals surface area contributed by atoms with E-state index in [1.807, 2.05) is 18.7 Å². The first-order valence-electron chi connectivity index (χ1n) is 5.48. The van der Waals surface area contributed by atoms with Gasteiger partial charge in [-0.05, 0) is 6.42 Å². The van der Waals surface area contributed by atoms with E-state index >= 15 is 0 Å². The Hall–Kier alpha value is -0.910. The average molecular weight is 246 g/mol. The normalized spacial score (nSPS) is 17.9. The summed E-state index contributed by atoms with van der Waals surface area (Å²) in [5.74, 6) is 0.590. The van der Waals surface area contributed by atoms with E-state index < -0.39 is 11.9 Å². The molecule has 1 aliphatic rings. The van der Waals surface area contributed by atoms with Gasteiger partial charge in [0.05, 0.1) is 5.92 Å². The molecule has 0 radical (unpaired) electrons. The molecule has 1 fully saturated rings. The Morgan fingerprint density at radius 3 is 2.56 bits per heavy atom. The third-order valence-corrected chi connectivity index (χ3v) is 3.58. The number of carbonyl (C=O) groups excluding carboxylic acids is 1. The van der Waals surface area contributed by atoms with Gasteiger partial charge >= 0.3 is 12.0 Å². The number of urea groups is 1. The van der Waals surface area contributed by atoms with Gasteiger partial charge in [0.2, 0.25) is 0 Å². The van der Waals surface area contributed by atoms with Gasteiger partial charge in [0.15, 0.2) is 0 Å². The molecular weight excluding hydrogens is 228 g/mol. The van der Waals surface area contributed by atoms with Crippen molar-refractivity contribution in [3.63, 3.8) is 0 Å². The Labute approximate surface area is 99.6 Å². The minimum atomic E-state index is -0.850. The van der Waals surface area contributed by atoms with Gasteiger partial charge in [-0.2, -0.15) is 11.8 Å². The van der Waals surface area contributed by atoms with E-state index in [-0.39, 0.29) is 12.6 Å². The second-order valence-electron chi connectivity index (χ2n) is 3.73. The Morgan fingerprint density at radius 1 is 1.44 bits per heavy atom. The highest BCUT2D eigenvalue weighted by Gasteiger charge is 2.19. The topological polar surface area (TPSA) is 69.6 Å². The average Bonchev–Trinajstić information content (AvgIpc) is 2.30. The SMILES string of the molecule is CCC(CNC(=O)N1CCSCC1)C(=O)O. The predicted molar refractivity (Wildman–Crippen MR) is 63.7 cm³/mol. The zero-order valence-electron chi connectivity index (χ0n) is 9.44. The number of thioether (sulfide) groups is 1. The second-order valence-corrected chi connectivity index (χ2v) is 4.95. The van der Waals surface area contributed by atoms with Crippen molar-refractivity contribution >= 4 is 23.8 Å². The standard InChI is InChI=1S/C10H18N2O3S/c1-2-8(9(13)14)7-11-10(15)12-3-5-16-6-4-12/h8H,2-7H2,1H3,(H,11,15)(H,13,14). The Balaban J connectivity index is 2.30. The molecule has 6 heteroatoms. The molecule has 1 aliphatic heterocycles. The van der Waals surface area contributed by atoms with Crippen LogP contribution in [-0.2, 0) is 4.79 Å². The lowest BCUT2D eigenvalue weighted by atomic mass is 10.1. The van der Waals surface area contributed by atoms with Crippen LogP contribution in [0.1, 0.15) is 13.3 Å². The molecule has 1 heterocycles. The first-order chi connectivity index (χ1) is 7.65. The Morgan fingerprint density at radius 2 is 2.06 bits per heavy atom. The van der Waals surface area contributed by atoms with E-state index in [1.54, 1.807) is 4.90 Å². The van der Waals surface area contributed by atoms with Gasteiger partial charge in [-0.1, -0.05) is 6.92 Å². The number of rotatable bonds is 4. The first-order valence-corrected chi connectivity index (χ1v) is 6.64. The summed E-state index contributed by atoms with van der Waals surface area (Å²) in [5.41, 5.74) is 0. The maximum absolute atomic E-state index is 11.7. The molecular formula is C10H18N2O3S. The molecule has 0 bridgehead atoms. The summed E-state index contributed by atoms with van der Waals surface area (Å²) in [7, 11) is 0. The number of nitrogens with one attached hydrogen (secondary N) is 1. The van der Waals surface area contributed by atoms with E-state index in [0.29, 0.717) is 6.42 Å². The van der Waals surface area contributed by atoms with Crippen LogP contribution in [0.4, 0.5) is 4.79 Å². The van der Waals surface area contributed by atoms with E-state index in [2.05, 4.69) is 5.32 Å². The molecule has 0 saturated carbocycles. The van der Waals surface area contributed by atoms with Gasteiger partial charge in [-0.25, -0.2) is 4.79 Å². The lowest BCUT2D eigenvalue weighted by Gasteiger charge is -2.27. The molecule has 0 aliphatic carbocycles. The molecule has 1 rings (SSSR count). The van der Waals surface area contributed by atoms with Crippen molar-refractivity contribution in [3.05, 3.63) is 0 Å². The summed E-state index contributed by atoms with van der Waals surface area (Å²) in [6.45, 7) is 3.53. The van der Waals surface area contributed by atoms with Gasteiger partial charge in [0, 0.05) is 31.1 Å². The number of aliphatic carboxylic acids is 1. The summed E-state index contributed by atoms with van der Waals surface area (Å²) in [5, 5.41) is 11.5. The minimum Gasteiger partial charge on any atom is -0.481 e. The quantitative estimate of drug-likeness (QED) is 0.771. The van der Waals surface area contributed by atoms with Crippen molar-refractivity contribution in [2.24, 2.45) is 5.92 Å². The second kappa shape index (κ2) is 6.62. The zero-order chi connectivity index (χ0) is 12.0. The third-order valence-electron chi connectivity index (χ3n) is 2.64. The van der Waals surface area contributed by atoms with Gasteiger partial charge in [0.25, 0.3) is 0 Å². The molecule has 16 heavy (non-hydrogen) atoms.